The monoisotopic (exact) mass is 494 g/mol. The first kappa shape index (κ1) is 23.2. The van der Waals surface area contributed by atoms with Gasteiger partial charge in [0.15, 0.2) is 11.5 Å². The van der Waals surface area contributed by atoms with E-state index in [1.165, 1.54) is 17.5 Å². The molecule has 0 saturated carbocycles. The third-order valence-corrected chi connectivity index (χ3v) is 6.90. The minimum Gasteiger partial charge on any atom is -0.457 e. The van der Waals surface area contributed by atoms with Crippen LogP contribution in [-0.4, -0.2) is 41.8 Å². The molecule has 4 aromatic heterocycles. The van der Waals surface area contributed by atoms with Gasteiger partial charge in [0.25, 0.3) is 0 Å². The number of pyridine rings is 1. The van der Waals surface area contributed by atoms with Gasteiger partial charge in [-0.3, -0.25) is 0 Å². The second kappa shape index (κ2) is 9.01. The van der Waals surface area contributed by atoms with Crippen molar-refractivity contribution in [3.8, 4) is 11.5 Å². The summed E-state index contributed by atoms with van der Waals surface area (Å²) in [5, 5.41) is 15.7. The maximum atomic E-state index is 6.13. The van der Waals surface area contributed by atoms with Crippen LogP contribution >= 0.6 is 0 Å². The van der Waals surface area contributed by atoms with Gasteiger partial charge in [-0.25, -0.2) is 19.0 Å². The first-order chi connectivity index (χ1) is 17.8. The van der Waals surface area contributed by atoms with Crippen molar-refractivity contribution >= 4 is 28.2 Å². The maximum Gasteiger partial charge on any atom is 0.158 e. The molecular formula is C28H30N8O. The first-order valence-electron chi connectivity index (χ1n) is 12.5. The molecule has 1 aromatic carbocycles. The lowest BCUT2D eigenvalue weighted by Gasteiger charge is -2.35. The minimum atomic E-state index is 0.176. The second-order valence-corrected chi connectivity index (χ2v) is 10.5. The molecule has 0 spiro atoms. The number of hydrogen-bond acceptors (Lipinski definition) is 7. The molecule has 9 nitrogen and oxygen atoms in total. The molecule has 0 radical (unpaired) electrons. The molecule has 2 N–H and O–H groups in total. The summed E-state index contributed by atoms with van der Waals surface area (Å²) in [7, 11) is 0. The number of nitrogens with zero attached hydrogens (tertiary/aromatic N) is 6. The molecule has 6 rings (SSSR count). The first-order valence-corrected chi connectivity index (χ1v) is 12.5. The number of nitrogens with one attached hydrogen (secondary N) is 2. The van der Waals surface area contributed by atoms with Gasteiger partial charge in [0, 0.05) is 42.3 Å². The Morgan fingerprint density at radius 3 is 2.65 bits per heavy atom. The highest BCUT2D eigenvalue weighted by atomic mass is 16.5. The van der Waals surface area contributed by atoms with E-state index in [0.29, 0.717) is 11.8 Å². The van der Waals surface area contributed by atoms with Crippen LogP contribution in [0.2, 0.25) is 0 Å². The number of fused-ring (bicyclic) bond motifs is 2. The quantitative estimate of drug-likeness (QED) is 0.337. The Kier molecular flexibility index (Phi) is 5.64. The summed E-state index contributed by atoms with van der Waals surface area (Å²) in [5.74, 6) is 2.26. The SMILES string of the molecule is Cc1cc(Nc2ncnn3ccc(C4=CCNC(C(C)(C)C)C4)c23)ccc1Oc1ccn2ncnc2c1. The molecule has 188 valence electrons. The van der Waals surface area contributed by atoms with Crippen LogP contribution in [0.15, 0.2) is 67.5 Å². The molecule has 37 heavy (non-hydrogen) atoms. The Labute approximate surface area is 215 Å². The molecular weight excluding hydrogens is 464 g/mol. The van der Waals surface area contributed by atoms with Crippen molar-refractivity contribution in [2.75, 3.05) is 11.9 Å². The molecule has 0 amide bonds. The summed E-state index contributed by atoms with van der Waals surface area (Å²) in [5.41, 5.74) is 6.31. The van der Waals surface area contributed by atoms with Crippen LogP contribution in [0.25, 0.3) is 16.7 Å². The van der Waals surface area contributed by atoms with Crippen molar-refractivity contribution in [2.45, 2.75) is 40.2 Å². The lowest BCUT2D eigenvalue weighted by molar-refractivity contribution is 0.274. The van der Waals surface area contributed by atoms with E-state index in [1.54, 1.807) is 10.8 Å². The molecule has 5 aromatic rings. The molecule has 9 heteroatoms. The zero-order chi connectivity index (χ0) is 25.6. The van der Waals surface area contributed by atoms with Crippen molar-refractivity contribution in [3.05, 3.63) is 78.6 Å². The predicted molar refractivity (Wildman–Crippen MR) is 144 cm³/mol. The smallest absolute Gasteiger partial charge is 0.158 e. The van der Waals surface area contributed by atoms with Gasteiger partial charge in [0.05, 0.1) is 0 Å². The molecule has 0 saturated heterocycles. The Morgan fingerprint density at radius 2 is 1.81 bits per heavy atom. The number of hydrogen-bond donors (Lipinski definition) is 2. The van der Waals surface area contributed by atoms with E-state index in [-0.39, 0.29) is 5.41 Å². The number of benzene rings is 1. The third-order valence-electron chi connectivity index (χ3n) is 6.90. The van der Waals surface area contributed by atoms with Crippen molar-refractivity contribution in [1.82, 2.24) is 34.5 Å². The molecule has 0 bridgehead atoms. The van der Waals surface area contributed by atoms with Crippen LogP contribution in [0.3, 0.4) is 0 Å². The lowest BCUT2D eigenvalue weighted by Crippen LogP contribution is -2.42. The summed E-state index contributed by atoms with van der Waals surface area (Å²) in [4.78, 5) is 8.83. The van der Waals surface area contributed by atoms with E-state index in [9.17, 15) is 0 Å². The van der Waals surface area contributed by atoms with E-state index in [1.807, 2.05) is 48.1 Å². The molecule has 1 atom stereocenters. The number of anilines is 2. The van der Waals surface area contributed by atoms with Gasteiger partial charge in [-0.2, -0.15) is 10.2 Å². The van der Waals surface area contributed by atoms with Crippen LogP contribution in [0, 0.1) is 12.3 Å². The van der Waals surface area contributed by atoms with E-state index >= 15 is 0 Å². The number of rotatable bonds is 5. The van der Waals surface area contributed by atoms with Gasteiger partial charge in [0.2, 0.25) is 0 Å². The number of aryl methyl sites for hydroxylation is 1. The van der Waals surface area contributed by atoms with Crippen LogP contribution in [0.5, 0.6) is 11.5 Å². The molecule has 0 aliphatic carbocycles. The van der Waals surface area contributed by atoms with E-state index < -0.39 is 0 Å². The van der Waals surface area contributed by atoms with Crippen LogP contribution in [-0.2, 0) is 0 Å². The van der Waals surface area contributed by atoms with E-state index in [0.717, 1.165) is 46.9 Å². The summed E-state index contributed by atoms with van der Waals surface area (Å²) in [6.45, 7) is 9.73. The van der Waals surface area contributed by atoms with Crippen molar-refractivity contribution in [2.24, 2.45) is 5.41 Å². The summed E-state index contributed by atoms with van der Waals surface area (Å²) < 4.78 is 9.73. The average Bonchev–Trinajstić information content (AvgIpc) is 3.53. The highest BCUT2D eigenvalue weighted by molar-refractivity contribution is 5.87. The fraction of sp³-hybridized carbons (Fsp3) is 0.286. The molecule has 1 aliphatic rings. The number of aromatic nitrogens is 6. The number of ether oxygens (including phenoxy) is 1. The van der Waals surface area contributed by atoms with Gasteiger partial charge in [0.1, 0.15) is 29.7 Å². The Morgan fingerprint density at radius 1 is 1.00 bits per heavy atom. The van der Waals surface area contributed by atoms with Crippen molar-refractivity contribution < 1.29 is 4.74 Å². The van der Waals surface area contributed by atoms with Crippen molar-refractivity contribution in [3.63, 3.8) is 0 Å². The zero-order valence-electron chi connectivity index (χ0n) is 21.4. The predicted octanol–water partition coefficient (Wildman–Crippen LogP) is 5.41. The van der Waals surface area contributed by atoms with Crippen LogP contribution in [0.4, 0.5) is 11.5 Å². The minimum absolute atomic E-state index is 0.176. The molecule has 1 unspecified atom stereocenters. The Balaban J connectivity index is 1.27. The maximum absolute atomic E-state index is 6.13. The fourth-order valence-corrected chi connectivity index (χ4v) is 4.80. The fourth-order valence-electron chi connectivity index (χ4n) is 4.80. The lowest BCUT2D eigenvalue weighted by atomic mass is 9.80. The summed E-state index contributed by atoms with van der Waals surface area (Å²) >= 11 is 0. The average molecular weight is 495 g/mol. The summed E-state index contributed by atoms with van der Waals surface area (Å²) in [6, 6.07) is 12.3. The van der Waals surface area contributed by atoms with Crippen LogP contribution < -0.4 is 15.4 Å². The molecule has 1 aliphatic heterocycles. The Bertz CT molecular complexity index is 1620. The highest BCUT2D eigenvalue weighted by Crippen LogP contribution is 2.36. The second-order valence-electron chi connectivity index (χ2n) is 10.5. The normalized spacial score (nSPS) is 16.2. The highest BCUT2D eigenvalue weighted by Gasteiger charge is 2.28. The largest absolute Gasteiger partial charge is 0.457 e. The third kappa shape index (κ3) is 4.53. The van der Waals surface area contributed by atoms with Gasteiger partial charge in [-0.1, -0.05) is 26.8 Å². The van der Waals surface area contributed by atoms with Gasteiger partial charge < -0.3 is 15.4 Å². The van der Waals surface area contributed by atoms with Gasteiger partial charge in [-0.15, -0.1) is 0 Å². The topological polar surface area (TPSA) is 93.7 Å². The zero-order valence-corrected chi connectivity index (χ0v) is 21.4. The molecule has 0 fully saturated rings. The van der Waals surface area contributed by atoms with Gasteiger partial charge in [-0.05, 0) is 60.2 Å². The van der Waals surface area contributed by atoms with Crippen LogP contribution in [0.1, 0.15) is 38.3 Å². The van der Waals surface area contributed by atoms with E-state index in [2.05, 4.69) is 69.8 Å². The summed E-state index contributed by atoms with van der Waals surface area (Å²) in [6.07, 6.45) is 10.2. The van der Waals surface area contributed by atoms with E-state index in [4.69, 9.17) is 4.74 Å². The van der Waals surface area contributed by atoms with Gasteiger partial charge >= 0.3 is 0 Å². The van der Waals surface area contributed by atoms with Crippen molar-refractivity contribution in [1.29, 1.82) is 0 Å². The Hall–Kier alpha value is -4.24. The standard InChI is InChI=1S/C28H30N8O/c1-18-13-20(5-6-23(18)37-21-8-11-35-25(15-21)30-16-32-35)34-27-26-22(9-12-36(26)33-17-31-27)19-7-10-29-24(14-19)28(2,3)4/h5-9,11-13,15-17,24,29H,10,14H2,1-4H3,(H,31,33,34). The molecule has 5 heterocycles.